The molecule has 0 saturated carbocycles. The molecule has 0 radical (unpaired) electrons. The van der Waals surface area contributed by atoms with Crippen LogP contribution in [0.1, 0.15) is 58.6 Å². The molecule has 0 bridgehead atoms. The SMILES string of the molecule is CC(CNC(C)(C)C)Cc1ccc(C(C)C)cc1. The first kappa shape index (κ1) is 15.2. The molecular weight excluding hydrogens is 218 g/mol. The van der Waals surface area contributed by atoms with Crippen molar-refractivity contribution in [2.24, 2.45) is 5.92 Å². The van der Waals surface area contributed by atoms with Crippen molar-refractivity contribution in [3.8, 4) is 0 Å². The van der Waals surface area contributed by atoms with E-state index in [0.29, 0.717) is 11.8 Å². The highest BCUT2D eigenvalue weighted by molar-refractivity contribution is 5.24. The fourth-order valence-electron chi connectivity index (χ4n) is 1.99. The molecule has 0 aliphatic rings. The largest absolute Gasteiger partial charge is 0.312 e. The van der Waals surface area contributed by atoms with Gasteiger partial charge in [0.15, 0.2) is 0 Å². The van der Waals surface area contributed by atoms with Crippen LogP contribution in [0.2, 0.25) is 0 Å². The average molecular weight is 247 g/mol. The number of nitrogens with one attached hydrogen (secondary N) is 1. The van der Waals surface area contributed by atoms with Crippen LogP contribution >= 0.6 is 0 Å². The highest BCUT2D eigenvalue weighted by Gasteiger charge is 2.11. The minimum Gasteiger partial charge on any atom is -0.312 e. The van der Waals surface area contributed by atoms with Crippen molar-refractivity contribution in [1.29, 1.82) is 0 Å². The lowest BCUT2D eigenvalue weighted by Crippen LogP contribution is -2.39. The van der Waals surface area contributed by atoms with Crippen LogP contribution in [0.15, 0.2) is 24.3 Å². The lowest BCUT2D eigenvalue weighted by molar-refractivity contribution is 0.381. The molecule has 0 spiro atoms. The second kappa shape index (κ2) is 6.38. The lowest BCUT2D eigenvalue weighted by Gasteiger charge is -2.23. The monoisotopic (exact) mass is 247 g/mol. The van der Waals surface area contributed by atoms with E-state index in [9.17, 15) is 0 Å². The zero-order valence-corrected chi connectivity index (χ0v) is 12.9. The number of hydrogen-bond acceptors (Lipinski definition) is 1. The molecule has 1 atom stereocenters. The number of rotatable bonds is 5. The summed E-state index contributed by atoms with van der Waals surface area (Å²) in [7, 11) is 0. The maximum atomic E-state index is 3.57. The van der Waals surface area contributed by atoms with Crippen molar-refractivity contribution in [2.45, 2.75) is 59.4 Å². The zero-order valence-electron chi connectivity index (χ0n) is 12.9. The molecule has 18 heavy (non-hydrogen) atoms. The van der Waals surface area contributed by atoms with Gasteiger partial charge < -0.3 is 5.32 Å². The molecule has 1 unspecified atom stereocenters. The molecule has 1 heteroatoms. The van der Waals surface area contributed by atoms with E-state index in [0.717, 1.165) is 13.0 Å². The molecule has 0 aromatic heterocycles. The maximum absolute atomic E-state index is 3.57. The fraction of sp³-hybridized carbons (Fsp3) is 0.647. The first-order valence-electron chi connectivity index (χ1n) is 7.12. The van der Waals surface area contributed by atoms with Gasteiger partial charge in [0.2, 0.25) is 0 Å². The van der Waals surface area contributed by atoms with Crippen LogP contribution in [0.3, 0.4) is 0 Å². The Balaban J connectivity index is 2.47. The Hall–Kier alpha value is -0.820. The molecule has 1 aromatic carbocycles. The van der Waals surface area contributed by atoms with Gasteiger partial charge in [0.05, 0.1) is 0 Å². The van der Waals surface area contributed by atoms with Gasteiger partial charge in [-0.25, -0.2) is 0 Å². The third-order valence-corrected chi connectivity index (χ3v) is 3.21. The van der Waals surface area contributed by atoms with E-state index in [-0.39, 0.29) is 5.54 Å². The minimum atomic E-state index is 0.218. The Morgan fingerprint density at radius 2 is 1.56 bits per heavy atom. The molecule has 0 fully saturated rings. The van der Waals surface area contributed by atoms with Gasteiger partial charge >= 0.3 is 0 Å². The third-order valence-electron chi connectivity index (χ3n) is 3.21. The Kier molecular flexibility index (Phi) is 5.40. The molecule has 0 amide bonds. The topological polar surface area (TPSA) is 12.0 Å². The van der Waals surface area contributed by atoms with Crippen molar-refractivity contribution in [3.63, 3.8) is 0 Å². The van der Waals surface area contributed by atoms with Crippen LogP contribution in [0.4, 0.5) is 0 Å². The van der Waals surface area contributed by atoms with Crippen LogP contribution in [0, 0.1) is 5.92 Å². The molecule has 1 rings (SSSR count). The number of benzene rings is 1. The van der Waals surface area contributed by atoms with Gasteiger partial charge in [-0.15, -0.1) is 0 Å². The zero-order chi connectivity index (χ0) is 13.8. The van der Waals surface area contributed by atoms with Crippen LogP contribution in [-0.4, -0.2) is 12.1 Å². The summed E-state index contributed by atoms with van der Waals surface area (Å²) >= 11 is 0. The minimum absolute atomic E-state index is 0.218. The predicted octanol–water partition coefficient (Wildman–Crippen LogP) is 4.38. The van der Waals surface area contributed by atoms with Crippen molar-refractivity contribution in [2.75, 3.05) is 6.54 Å². The predicted molar refractivity (Wildman–Crippen MR) is 81.2 cm³/mol. The summed E-state index contributed by atoms with van der Waals surface area (Å²) in [6.07, 6.45) is 1.15. The van der Waals surface area contributed by atoms with Gasteiger partial charge in [0, 0.05) is 5.54 Å². The Morgan fingerprint density at radius 1 is 1.00 bits per heavy atom. The smallest absolute Gasteiger partial charge is 0.00966 e. The molecule has 1 aromatic rings. The number of hydrogen-bond donors (Lipinski definition) is 1. The Labute approximate surface area is 113 Å². The van der Waals surface area contributed by atoms with Crippen molar-refractivity contribution < 1.29 is 0 Å². The van der Waals surface area contributed by atoms with Gasteiger partial charge in [-0.2, -0.15) is 0 Å². The standard InChI is InChI=1S/C17H29N/c1-13(2)16-9-7-15(8-10-16)11-14(3)12-18-17(4,5)6/h7-10,13-14,18H,11-12H2,1-6H3. The molecule has 102 valence electrons. The summed E-state index contributed by atoms with van der Waals surface area (Å²) in [5.41, 5.74) is 3.09. The van der Waals surface area contributed by atoms with E-state index in [2.05, 4.69) is 71.1 Å². The second-order valence-corrected chi connectivity index (χ2v) is 6.84. The molecule has 0 aliphatic carbocycles. The van der Waals surface area contributed by atoms with Crippen LogP contribution in [0.5, 0.6) is 0 Å². The molecular formula is C17H29N. The van der Waals surface area contributed by atoms with E-state index in [1.165, 1.54) is 11.1 Å². The van der Waals surface area contributed by atoms with E-state index in [4.69, 9.17) is 0 Å². The average Bonchev–Trinajstić information content (AvgIpc) is 2.26. The highest BCUT2D eigenvalue weighted by atomic mass is 14.9. The van der Waals surface area contributed by atoms with Crippen molar-refractivity contribution in [3.05, 3.63) is 35.4 Å². The first-order chi connectivity index (χ1) is 8.28. The molecule has 0 aliphatic heterocycles. The molecule has 1 nitrogen and oxygen atoms in total. The third kappa shape index (κ3) is 5.68. The van der Waals surface area contributed by atoms with Crippen LogP contribution in [-0.2, 0) is 6.42 Å². The van der Waals surface area contributed by atoms with Gasteiger partial charge in [-0.1, -0.05) is 45.0 Å². The summed E-state index contributed by atoms with van der Waals surface area (Å²) in [6, 6.07) is 9.10. The van der Waals surface area contributed by atoms with Crippen molar-refractivity contribution in [1.82, 2.24) is 5.32 Å². The van der Waals surface area contributed by atoms with E-state index < -0.39 is 0 Å². The van der Waals surface area contributed by atoms with Gasteiger partial charge in [-0.3, -0.25) is 0 Å². The highest BCUT2D eigenvalue weighted by Crippen LogP contribution is 2.16. The van der Waals surface area contributed by atoms with Crippen LogP contribution < -0.4 is 5.32 Å². The summed E-state index contributed by atoms with van der Waals surface area (Å²) in [5, 5.41) is 3.57. The summed E-state index contributed by atoms with van der Waals surface area (Å²) in [6.45, 7) is 14.5. The maximum Gasteiger partial charge on any atom is 0.00966 e. The molecule has 1 N–H and O–H groups in total. The normalized spacial score (nSPS) is 13.9. The lowest BCUT2D eigenvalue weighted by atomic mass is 9.96. The quantitative estimate of drug-likeness (QED) is 0.814. The second-order valence-electron chi connectivity index (χ2n) is 6.84. The summed E-state index contributed by atoms with van der Waals surface area (Å²) in [5.74, 6) is 1.30. The van der Waals surface area contributed by atoms with Crippen LogP contribution in [0.25, 0.3) is 0 Å². The molecule has 0 saturated heterocycles. The van der Waals surface area contributed by atoms with E-state index in [1.807, 2.05) is 0 Å². The fourth-order valence-corrected chi connectivity index (χ4v) is 1.99. The van der Waals surface area contributed by atoms with Gasteiger partial charge in [-0.05, 0) is 56.7 Å². The first-order valence-corrected chi connectivity index (χ1v) is 7.12. The molecule has 0 heterocycles. The Bertz CT molecular complexity index is 343. The Morgan fingerprint density at radius 3 is 2.00 bits per heavy atom. The van der Waals surface area contributed by atoms with E-state index in [1.54, 1.807) is 0 Å². The van der Waals surface area contributed by atoms with E-state index >= 15 is 0 Å². The van der Waals surface area contributed by atoms with Gasteiger partial charge in [0.25, 0.3) is 0 Å². The summed E-state index contributed by atoms with van der Waals surface area (Å²) < 4.78 is 0. The summed E-state index contributed by atoms with van der Waals surface area (Å²) in [4.78, 5) is 0. The van der Waals surface area contributed by atoms with Gasteiger partial charge in [0.1, 0.15) is 0 Å². The van der Waals surface area contributed by atoms with Crippen molar-refractivity contribution >= 4 is 0 Å².